The molecule has 0 spiro atoms. The van der Waals surface area contributed by atoms with Crippen LogP contribution >= 0.6 is 0 Å². The Hall–Kier alpha value is -0.560. The van der Waals surface area contributed by atoms with Gasteiger partial charge in [-0.1, -0.05) is 58.4 Å². The van der Waals surface area contributed by atoms with Crippen molar-refractivity contribution in [3.63, 3.8) is 0 Å². The molecule has 2 N–H and O–H groups in total. The van der Waals surface area contributed by atoms with E-state index >= 15 is 0 Å². The second-order valence-corrected chi connectivity index (χ2v) is 2.30. The fraction of sp³-hybridized carbons (Fsp3) is 0.667. The van der Waals surface area contributed by atoms with E-state index in [-0.39, 0.29) is 1.43 Å². The molecular formula is C12H29N. The van der Waals surface area contributed by atoms with Gasteiger partial charge in [0.25, 0.3) is 0 Å². The highest BCUT2D eigenvalue weighted by molar-refractivity contribution is 5.02. The third kappa shape index (κ3) is 24.6. The van der Waals surface area contributed by atoms with Crippen molar-refractivity contribution in [2.45, 2.75) is 41.0 Å². The van der Waals surface area contributed by atoms with E-state index in [4.69, 9.17) is 0 Å². The molecule has 1 heteroatoms. The van der Waals surface area contributed by atoms with Crippen LogP contribution in [0.1, 0.15) is 42.5 Å². The Bertz CT molecular complexity index is 109. The van der Waals surface area contributed by atoms with Gasteiger partial charge in [-0.3, -0.25) is 0 Å². The smallest absolute Gasteiger partial charge is 0 e. The van der Waals surface area contributed by atoms with E-state index in [0.29, 0.717) is 0 Å². The average molecular weight is 187 g/mol. The van der Waals surface area contributed by atoms with Crippen LogP contribution in [0.4, 0.5) is 0 Å². The summed E-state index contributed by atoms with van der Waals surface area (Å²) in [6.07, 6.45) is 9.66. The summed E-state index contributed by atoms with van der Waals surface area (Å²) in [5.41, 5.74) is 4.50. The number of hydrogen-bond acceptors (Lipinski definition) is 1. The van der Waals surface area contributed by atoms with Crippen LogP contribution < -0.4 is 5.73 Å². The van der Waals surface area contributed by atoms with Crippen LogP contribution in [-0.4, -0.2) is 7.05 Å². The van der Waals surface area contributed by atoms with Crippen LogP contribution in [0.3, 0.4) is 0 Å². The lowest BCUT2D eigenvalue weighted by atomic mass is 10.1. The molecule has 0 heterocycles. The van der Waals surface area contributed by atoms with Gasteiger partial charge in [0, 0.05) is 1.43 Å². The fourth-order valence-corrected chi connectivity index (χ4v) is 0.501. The van der Waals surface area contributed by atoms with Gasteiger partial charge in [0.05, 0.1) is 0 Å². The number of rotatable bonds is 3. The SMILES string of the molecule is C/C=C\C=C/C(C)CC.CC.CN.[HH]. The van der Waals surface area contributed by atoms with Crippen molar-refractivity contribution in [3.05, 3.63) is 24.3 Å². The standard InChI is InChI=1S/C9H16.C2H6.CH5N.H2/c1-4-6-7-8-9(3)5-2;2*1-2;/h4,6-9H,5H2,1-3H3;1-2H3;2H2,1H3;1H/b6-4-,8-7-;;;. The summed E-state index contributed by atoms with van der Waals surface area (Å²) in [5, 5.41) is 0. The molecule has 0 aliphatic heterocycles. The Labute approximate surface area is 86.2 Å². The molecule has 0 saturated carbocycles. The van der Waals surface area contributed by atoms with E-state index in [1.54, 1.807) is 0 Å². The predicted octanol–water partition coefficient (Wildman–Crippen LogP) is 4.01. The normalized spacial score (nSPS) is 11.6. The highest BCUT2D eigenvalue weighted by atomic mass is 14.4. The van der Waals surface area contributed by atoms with Gasteiger partial charge in [-0.15, -0.1) is 0 Å². The van der Waals surface area contributed by atoms with Crippen LogP contribution in [0.25, 0.3) is 0 Å². The van der Waals surface area contributed by atoms with Crippen molar-refractivity contribution >= 4 is 0 Å². The zero-order valence-corrected chi connectivity index (χ0v) is 10.2. The van der Waals surface area contributed by atoms with Gasteiger partial charge >= 0.3 is 0 Å². The van der Waals surface area contributed by atoms with Crippen LogP contribution in [0.15, 0.2) is 24.3 Å². The summed E-state index contributed by atoms with van der Waals surface area (Å²) in [7, 11) is 1.50. The molecule has 1 unspecified atom stereocenters. The number of allylic oxidation sites excluding steroid dienone is 4. The van der Waals surface area contributed by atoms with Gasteiger partial charge in [-0.05, 0) is 19.9 Å². The minimum Gasteiger partial charge on any atom is -0.333 e. The molecule has 0 amide bonds. The molecule has 0 rings (SSSR count). The van der Waals surface area contributed by atoms with Crippen LogP contribution in [0.2, 0.25) is 0 Å². The van der Waals surface area contributed by atoms with E-state index in [9.17, 15) is 0 Å². The van der Waals surface area contributed by atoms with Crippen molar-refractivity contribution < 1.29 is 1.43 Å². The lowest BCUT2D eigenvalue weighted by Crippen LogP contribution is -1.82. The number of nitrogens with two attached hydrogens (primary N) is 1. The summed E-state index contributed by atoms with van der Waals surface area (Å²) in [4.78, 5) is 0. The maximum Gasteiger partial charge on any atom is 0 e. The molecule has 0 aromatic rings. The van der Waals surface area contributed by atoms with Gasteiger partial charge in [0.1, 0.15) is 0 Å². The van der Waals surface area contributed by atoms with Gasteiger partial charge in [-0.25, -0.2) is 0 Å². The van der Waals surface area contributed by atoms with Gasteiger partial charge < -0.3 is 5.73 Å². The topological polar surface area (TPSA) is 26.0 Å². The largest absolute Gasteiger partial charge is 0.333 e. The summed E-state index contributed by atoms with van der Waals surface area (Å²) >= 11 is 0. The first-order valence-electron chi connectivity index (χ1n) is 5.18. The zero-order chi connectivity index (χ0) is 11.1. The summed E-state index contributed by atoms with van der Waals surface area (Å²) < 4.78 is 0. The van der Waals surface area contributed by atoms with E-state index in [0.717, 1.165) is 5.92 Å². The van der Waals surface area contributed by atoms with E-state index in [1.165, 1.54) is 13.5 Å². The first-order chi connectivity index (χ1) is 6.31. The molecule has 0 saturated heterocycles. The molecule has 1 atom stereocenters. The highest BCUT2D eigenvalue weighted by Crippen LogP contribution is 2.01. The summed E-state index contributed by atoms with van der Waals surface area (Å²) in [5.74, 6) is 0.723. The molecule has 0 radical (unpaired) electrons. The molecule has 1 nitrogen and oxygen atoms in total. The Balaban J connectivity index is -0.0000000883. The molecule has 0 aliphatic carbocycles. The van der Waals surface area contributed by atoms with Gasteiger partial charge in [0.2, 0.25) is 0 Å². The quantitative estimate of drug-likeness (QED) is 0.664. The first kappa shape index (κ1) is 18.3. The molecule has 0 aromatic heterocycles. The second-order valence-electron chi connectivity index (χ2n) is 2.30. The van der Waals surface area contributed by atoms with Crippen LogP contribution in [0.5, 0.6) is 0 Å². The van der Waals surface area contributed by atoms with Gasteiger partial charge in [-0.2, -0.15) is 0 Å². The number of hydrogen-bond donors (Lipinski definition) is 1. The predicted molar refractivity (Wildman–Crippen MR) is 67.0 cm³/mol. The lowest BCUT2D eigenvalue weighted by molar-refractivity contribution is 0.698. The molecule has 0 bridgehead atoms. The first-order valence-corrected chi connectivity index (χ1v) is 5.18. The minimum atomic E-state index is 0. The Kier molecular flexibility index (Phi) is 31.7. The Morgan fingerprint density at radius 1 is 1.23 bits per heavy atom. The van der Waals surface area contributed by atoms with Crippen LogP contribution in [0, 0.1) is 5.92 Å². The summed E-state index contributed by atoms with van der Waals surface area (Å²) in [6, 6.07) is 0. The molecule has 0 fully saturated rings. The Morgan fingerprint density at radius 2 is 1.69 bits per heavy atom. The van der Waals surface area contributed by atoms with E-state index in [2.05, 4.69) is 37.8 Å². The van der Waals surface area contributed by atoms with Crippen molar-refractivity contribution in [3.8, 4) is 0 Å². The second kappa shape index (κ2) is 22.5. The maximum atomic E-state index is 4.50. The van der Waals surface area contributed by atoms with Crippen molar-refractivity contribution in [1.82, 2.24) is 0 Å². The molecule has 0 aliphatic rings. The molecule has 82 valence electrons. The maximum absolute atomic E-state index is 4.50. The molecular weight excluding hydrogens is 158 g/mol. The highest BCUT2D eigenvalue weighted by Gasteiger charge is 1.86. The van der Waals surface area contributed by atoms with E-state index in [1.807, 2.05) is 26.8 Å². The molecule has 0 aromatic carbocycles. The summed E-state index contributed by atoms with van der Waals surface area (Å²) in [6.45, 7) is 10.5. The van der Waals surface area contributed by atoms with E-state index < -0.39 is 0 Å². The Morgan fingerprint density at radius 3 is 2.00 bits per heavy atom. The van der Waals surface area contributed by atoms with Crippen molar-refractivity contribution in [2.75, 3.05) is 7.05 Å². The fourth-order valence-electron chi connectivity index (χ4n) is 0.501. The van der Waals surface area contributed by atoms with Crippen molar-refractivity contribution in [2.24, 2.45) is 11.7 Å². The van der Waals surface area contributed by atoms with Crippen molar-refractivity contribution in [1.29, 1.82) is 0 Å². The van der Waals surface area contributed by atoms with Crippen LogP contribution in [-0.2, 0) is 0 Å². The van der Waals surface area contributed by atoms with Gasteiger partial charge in [0.15, 0.2) is 0 Å². The zero-order valence-electron chi connectivity index (χ0n) is 10.2. The average Bonchev–Trinajstić information content (AvgIpc) is 2.24. The third-order valence-corrected chi connectivity index (χ3v) is 1.39. The minimum absolute atomic E-state index is 0. The monoisotopic (exact) mass is 187 g/mol. The molecule has 13 heavy (non-hydrogen) atoms. The lowest BCUT2D eigenvalue weighted by Gasteiger charge is -1.96. The third-order valence-electron chi connectivity index (χ3n) is 1.39.